The molecule has 0 radical (unpaired) electrons. The van der Waals surface area contributed by atoms with Gasteiger partial charge in [-0.2, -0.15) is 0 Å². The molecule has 3 N–H and O–H groups in total. The lowest BCUT2D eigenvalue weighted by Gasteiger charge is -2.21. The van der Waals surface area contributed by atoms with E-state index >= 15 is 0 Å². The minimum Gasteiger partial charge on any atom is -0.396 e. The number of hydrogen-bond acceptors (Lipinski definition) is 4. The zero-order valence-electron chi connectivity index (χ0n) is 17.0. The lowest BCUT2D eigenvalue weighted by Crippen LogP contribution is -2.27. The van der Waals surface area contributed by atoms with Crippen LogP contribution in [0, 0.1) is 12.7 Å². The average molecular weight is 422 g/mol. The van der Waals surface area contributed by atoms with Crippen molar-refractivity contribution in [1.29, 1.82) is 0 Å². The highest BCUT2D eigenvalue weighted by Crippen LogP contribution is 2.46. The summed E-state index contributed by atoms with van der Waals surface area (Å²) in [7, 11) is 0.216. The van der Waals surface area contributed by atoms with Gasteiger partial charge in [0.2, 0.25) is 0 Å². The molecule has 0 aliphatic heterocycles. The molecule has 0 amide bonds. The molecule has 8 heteroatoms. The molecule has 1 heterocycles. The van der Waals surface area contributed by atoms with Crippen LogP contribution in [0.5, 0.6) is 0 Å². The molecule has 1 unspecified atom stereocenters. The number of nitrogens with zero attached hydrogens (tertiary/aromatic N) is 1. The van der Waals surface area contributed by atoms with Crippen molar-refractivity contribution in [2.24, 2.45) is 7.05 Å². The monoisotopic (exact) mass is 421 g/mol. The number of hydrogen-bond donors (Lipinski definition) is 3. The Morgan fingerprint density at radius 3 is 2.59 bits per heavy atom. The van der Waals surface area contributed by atoms with Crippen molar-refractivity contribution < 1.29 is 13.7 Å². The van der Waals surface area contributed by atoms with Gasteiger partial charge in [-0.15, -0.1) is 0 Å². The van der Waals surface area contributed by atoms with Crippen LogP contribution in [0.3, 0.4) is 0 Å². The normalized spacial score (nSPS) is 15.8. The van der Waals surface area contributed by atoms with E-state index in [0.29, 0.717) is 29.9 Å². The Kier molecular flexibility index (Phi) is 6.43. The van der Waals surface area contributed by atoms with Crippen LogP contribution in [-0.4, -0.2) is 25.2 Å². The summed E-state index contributed by atoms with van der Waals surface area (Å²) in [5.41, 5.74) is 1.90. The molecule has 0 bridgehead atoms. The predicted octanol–water partition coefficient (Wildman–Crippen LogP) is 3.52. The van der Waals surface area contributed by atoms with Gasteiger partial charge in [0.15, 0.2) is 0 Å². The van der Waals surface area contributed by atoms with Gasteiger partial charge in [0.05, 0.1) is 16.1 Å². The maximum atomic E-state index is 14.5. The van der Waals surface area contributed by atoms with Crippen molar-refractivity contribution in [2.45, 2.75) is 50.7 Å². The summed E-state index contributed by atoms with van der Waals surface area (Å²) in [4.78, 5) is 12.5. The van der Waals surface area contributed by atoms with Crippen molar-refractivity contribution in [3.63, 3.8) is 0 Å². The molecule has 29 heavy (non-hydrogen) atoms. The molecule has 1 atom stereocenters. The minimum absolute atomic E-state index is 0.0672. The van der Waals surface area contributed by atoms with E-state index in [2.05, 4.69) is 10.0 Å². The molecule has 6 nitrogen and oxygen atoms in total. The number of anilines is 3. The predicted molar refractivity (Wildman–Crippen MR) is 116 cm³/mol. The lowest BCUT2D eigenvalue weighted by molar-refractivity contribution is 0.283. The van der Waals surface area contributed by atoms with E-state index in [9.17, 15) is 13.4 Å². The largest absolute Gasteiger partial charge is 0.396 e. The van der Waals surface area contributed by atoms with Gasteiger partial charge in [-0.05, 0) is 62.8 Å². The third-order valence-electron chi connectivity index (χ3n) is 5.48. The number of nitrogens with one attached hydrogen (secondary N) is 2. The number of pyridine rings is 1. The molecule has 3 rings (SSSR count). The summed E-state index contributed by atoms with van der Waals surface area (Å²) < 4.78 is 31.6. The fourth-order valence-corrected chi connectivity index (χ4v) is 4.78. The van der Waals surface area contributed by atoms with Gasteiger partial charge in [-0.25, -0.2) is 8.60 Å². The van der Waals surface area contributed by atoms with Gasteiger partial charge < -0.3 is 15.1 Å². The maximum absolute atomic E-state index is 14.5. The van der Waals surface area contributed by atoms with Crippen molar-refractivity contribution >= 4 is 28.2 Å². The number of aryl methyl sites for hydroxylation is 2. The third kappa shape index (κ3) is 4.53. The van der Waals surface area contributed by atoms with Gasteiger partial charge >= 0.3 is 0 Å². The quantitative estimate of drug-likeness (QED) is 0.579. The van der Waals surface area contributed by atoms with Crippen molar-refractivity contribution in [1.82, 2.24) is 4.57 Å². The van der Waals surface area contributed by atoms with Crippen molar-refractivity contribution in [3.8, 4) is 0 Å². The topological polar surface area (TPSA) is 83.4 Å². The smallest absolute Gasteiger partial charge is 0.254 e. The van der Waals surface area contributed by atoms with Crippen LogP contribution < -0.4 is 15.6 Å². The van der Waals surface area contributed by atoms with E-state index in [0.717, 1.165) is 24.8 Å². The number of aliphatic hydroxyl groups excluding tert-OH is 1. The average Bonchev–Trinajstić information content (AvgIpc) is 3.50. The summed E-state index contributed by atoms with van der Waals surface area (Å²) >= 11 is 0. The number of benzene rings is 1. The van der Waals surface area contributed by atoms with E-state index in [1.807, 2.05) is 13.0 Å². The van der Waals surface area contributed by atoms with Crippen molar-refractivity contribution in [2.75, 3.05) is 16.6 Å². The fraction of sp³-hybridized carbons (Fsp3) is 0.476. The van der Waals surface area contributed by atoms with E-state index < -0.39 is 16.8 Å². The van der Waals surface area contributed by atoms with Crippen LogP contribution in [0.15, 0.2) is 29.1 Å². The van der Waals surface area contributed by atoms with Crippen molar-refractivity contribution in [3.05, 3.63) is 51.6 Å². The molecular weight excluding hydrogens is 393 g/mol. The van der Waals surface area contributed by atoms with E-state index in [4.69, 9.17) is 5.11 Å². The Labute approximate surface area is 172 Å². The molecule has 0 saturated heterocycles. The zero-order valence-corrected chi connectivity index (χ0v) is 17.9. The Balaban J connectivity index is 1.94. The number of aromatic nitrogens is 1. The zero-order chi connectivity index (χ0) is 21.2. The van der Waals surface area contributed by atoms with E-state index in [-0.39, 0.29) is 22.6 Å². The fourth-order valence-electron chi connectivity index (χ4n) is 3.41. The third-order valence-corrected chi connectivity index (χ3v) is 7.29. The SMILES string of the molecule is CCc1ccc(Nc2c(NS(=O)C3(CCCO)CC3)cc(C)c(=O)n2C)c(F)c1. The lowest BCUT2D eigenvalue weighted by atomic mass is 10.1. The standard InChI is InChI=1S/C21H28FN3O3S/c1-4-15-6-7-17(16(22)13-15)23-19-18(12-14(2)20(27)25(19)3)24-29(28)21(9-10-21)8-5-11-26/h6-7,12-13,23-24,26H,4-5,8-11H2,1-3H3. The number of aliphatic hydroxyl groups is 1. The first-order valence-corrected chi connectivity index (χ1v) is 11.0. The Morgan fingerprint density at radius 2 is 2.00 bits per heavy atom. The van der Waals surface area contributed by atoms with Gasteiger partial charge in [0, 0.05) is 19.2 Å². The molecule has 1 fully saturated rings. The van der Waals surface area contributed by atoms with Gasteiger partial charge in [0.1, 0.15) is 22.6 Å². The van der Waals surface area contributed by atoms with Crippen LogP contribution in [0.1, 0.15) is 43.7 Å². The Hall–Kier alpha value is -2.19. The molecule has 1 aliphatic rings. The van der Waals surface area contributed by atoms with Gasteiger partial charge in [-0.3, -0.25) is 9.36 Å². The minimum atomic E-state index is -1.38. The number of rotatable bonds is 9. The molecule has 2 aromatic rings. The summed E-state index contributed by atoms with van der Waals surface area (Å²) in [6.07, 6.45) is 3.64. The molecule has 1 aromatic heterocycles. The molecule has 0 spiro atoms. The molecule has 1 saturated carbocycles. The first-order chi connectivity index (χ1) is 13.8. The second kappa shape index (κ2) is 8.67. The molecule has 158 valence electrons. The van der Waals surface area contributed by atoms with Gasteiger partial charge in [0.25, 0.3) is 5.56 Å². The first-order valence-electron chi connectivity index (χ1n) is 9.87. The first kappa shape index (κ1) is 21.5. The van der Waals surface area contributed by atoms with Crippen LogP contribution in [0.2, 0.25) is 0 Å². The molecular formula is C21H28FN3O3S. The summed E-state index contributed by atoms with van der Waals surface area (Å²) in [5.74, 6) is -0.0545. The summed E-state index contributed by atoms with van der Waals surface area (Å²) in [6, 6.07) is 6.58. The highest BCUT2D eigenvalue weighted by Gasteiger charge is 2.48. The van der Waals surface area contributed by atoms with Crippen LogP contribution in [0.4, 0.5) is 21.6 Å². The molecule has 1 aliphatic carbocycles. The Morgan fingerprint density at radius 1 is 1.28 bits per heavy atom. The maximum Gasteiger partial charge on any atom is 0.254 e. The van der Waals surface area contributed by atoms with Gasteiger partial charge in [-0.1, -0.05) is 13.0 Å². The Bertz CT molecular complexity index is 986. The van der Waals surface area contributed by atoms with Crippen LogP contribution in [-0.2, 0) is 24.5 Å². The summed E-state index contributed by atoms with van der Waals surface area (Å²) in [6.45, 7) is 3.71. The highest BCUT2D eigenvalue weighted by atomic mass is 32.2. The number of halogens is 1. The van der Waals surface area contributed by atoms with Crippen LogP contribution in [0.25, 0.3) is 0 Å². The molecule has 1 aromatic carbocycles. The second-order valence-corrected chi connectivity index (χ2v) is 9.24. The highest BCUT2D eigenvalue weighted by molar-refractivity contribution is 7.88. The van der Waals surface area contributed by atoms with E-state index in [1.165, 1.54) is 10.6 Å². The van der Waals surface area contributed by atoms with E-state index in [1.54, 1.807) is 26.1 Å². The summed E-state index contributed by atoms with van der Waals surface area (Å²) in [5, 5.41) is 12.1. The second-order valence-electron chi connectivity index (χ2n) is 7.63. The van der Waals surface area contributed by atoms with Crippen LogP contribution >= 0.6 is 0 Å².